The van der Waals surface area contributed by atoms with Gasteiger partial charge in [-0.1, -0.05) is 0 Å². The molecule has 8 heteroatoms. The molecule has 1 saturated carbocycles. The van der Waals surface area contributed by atoms with Crippen LogP contribution in [0.2, 0.25) is 0 Å². The second-order valence-electron chi connectivity index (χ2n) is 7.57. The van der Waals surface area contributed by atoms with Crippen molar-refractivity contribution < 1.29 is 28.3 Å². The highest BCUT2D eigenvalue weighted by molar-refractivity contribution is 5.83. The molecule has 3 rings (SSSR count). The lowest BCUT2D eigenvalue weighted by Crippen LogP contribution is -2.43. The molecule has 0 radical (unpaired) electrons. The summed E-state index contributed by atoms with van der Waals surface area (Å²) in [6.45, 7) is 1.93. The third kappa shape index (κ3) is 4.48. The minimum absolute atomic E-state index is 0.0816. The molecule has 0 aromatic heterocycles. The summed E-state index contributed by atoms with van der Waals surface area (Å²) in [6, 6.07) is 3.08. The fourth-order valence-corrected chi connectivity index (χ4v) is 4.10. The zero-order valence-electron chi connectivity index (χ0n) is 15.7. The molecule has 152 valence electrons. The quantitative estimate of drug-likeness (QED) is 0.832. The first-order valence-corrected chi connectivity index (χ1v) is 9.50. The van der Waals surface area contributed by atoms with Gasteiger partial charge in [-0.2, -0.15) is 0 Å². The zero-order chi connectivity index (χ0) is 20.4. The zero-order valence-corrected chi connectivity index (χ0v) is 15.7. The van der Waals surface area contributed by atoms with Gasteiger partial charge in [-0.25, -0.2) is 8.78 Å². The average molecular weight is 394 g/mol. The Morgan fingerprint density at radius 2 is 1.96 bits per heavy atom. The van der Waals surface area contributed by atoms with E-state index in [1.165, 1.54) is 11.8 Å². The van der Waals surface area contributed by atoms with E-state index in [-0.39, 0.29) is 41.8 Å². The number of aliphatic carboxylic acids is 1. The van der Waals surface area contributed by atoms with E-state index in [1.807, 2.05) is 0 Å². The number of carbonyl (C=O) groups excluding carboxylic acids is 2. The number of benzene rings is 1. The maximum Gasteiger partial charge on any atom is 0.323 e. The van der Waals surface area contributed by atoms with E-state index in [9.17, 15) is 23.2 Å². The number of carboxylic acid groups (broad SMARTS) is 1. The van der Waals surface area contributed by atoms with Gasteiger partial charge in [0.15, 0.2) is 0 Å². The first-order chi connectivity index (χ1) is 13.3. The number of hydrogen-bond donors (Lipinski definition) is 1. The number of amides is 2. The summed E-state index contributed by atoms with van der Waals surface area (Å²) in [7, 11) is 0. The maximum atomic E-state index is 13.9. The normalized spacial score (nSPS) is 24.4. The first kappa shape index (κ1) is 20.2. The number of likely N-dealkylation sites (tertiary alicyclic amines) is 1. The smallest absolute Gasteiger partial charge is 0.323 e. The van der Waals surface area contributed by atoms with Crippen molar-refractivity contribution in [1.82, 2.24) is 9.80 Å². The molecule has 1 aromatic carbocycles. The van der Waals surface area contributed by atoms with Gasteiger partial charge in [0.2, 0.25) is 11.8 Å². The molecule has 2 amide bonds. The molecule has 3 atom stereocenters. The lowest BCUT2D eigenvalue weighted by molar-refractivity contribution is -0.145. The molecule has 3 unspecified atom stereocenters. The number of carbonyl (C=O) groups is 3. The van der Waals surface area contributed by atoms with Crippen LogP contribution in [0, 0.1) is 17.6 Å². The van der Waals surface area contributed by atoms with E-state index >= 15 is 0 Å². The fraction of sp³-hybridized carbons (Fsp3) is 0.550. The van der Waals surface area contributed by atoms with E-state index in [1.54, 1.807) is 4.90 Å². The van der Waals surface area contributed by atoms with Gasteiger partial charge in [0.25, 0.3) is 0 Å². The minimum Gasteiger partial charge on any atom is -0.480 e. The molecular formula is C20H24F2N2O4. The number of carboxylic acids is 1. The topological polar surface area (TPSA) is 77.9 Å². The summed E-state index contributed by atoms with van der Waals surface area (Å²) in [5.74, 6) is -3.11. The predicted molar refractivity (Wildman–Crippen MR) is 96.4 cm³/mol. The molecule has 6 nitrogen and oxygen atoms in total. The van der Waals surface area contributed by atoms with E-state index in [0.29, 0.717) is 38.8 Å². The molecule has 0 spiro atoms. The molecule has 1 aliphatic heterocycles. The number of rotatable bonds is 5. The van der Waals surface area contributed by atoms with Crippen LogP contribution in [-0.2, 0) is 14.4 Å². The van der Waals surface area contributed by atoms with Crippen LogP contribution in [0.3, 0.4) is 0 Å². The van der Waals surface area contributed by atoms with Crippen molar-refractivity contribution in [3.8, 4) is 0 Å². The molecule has 1 saturated heterocycles. The Hall–Kier alpha value is -2.51. The van der Waals surface area contributed by atoms with Gasteiger partial charge < -0.3 is 14.9 Å². The Bertz CT molecular complexity index is 785. The van der Waals surface area contributed by atoms with Gasteiger partial charge in [-0.05, 0) is 55.4 Å². The Morgan fingerprint density at radius 3 is 2.64 bits per heavy atom. The highest BCUT2D eigenvalue weighted by Crippen LogP contribution is 2.49. The predicted octanol–water partition coefficient (Wildman–Crippen LogP) is 2.38. The van der Waals surface area contributed by atoms with Crippen LogP contribution >= 0.6 is 0 Å². The van der Waals surface area contributed by atoms with Gasteiger partial charge in [0.05, 0.1) is 0 Å². The SMILES string of the molecule is CC(=O)N(CC(=O)O)C1CCCN(C(=O)C2CC2c2cc(F)ccc2F)CC1. The number of nitrogens with zero attached hydrogens (tertiary/aromatic N) is 2. The van der Waals surface area contributed by atoms with Crippen molar-refractivity contribution in [1.29, 1.82) is 0 Å². The van der Waals surface area contributed by atoms with Gasteiger partial charge in [0, 0.05) is 32.0 Å². The van der Waals surface area contributed by atoms with E-state index in [0.717, 1.165) is 18.2 Å². The largest absolute Gasteiger partial charge is 0.480 e. The maximum absolute atomic E-state index is 13.9. The van der Waals surface area contributed by atoms with Crippen LogP contribution in [0.1, 0.15) is 44.1 Å². The molecule has 1 heterocycles. The summed E-state index contributed by atoms with van der Waals surface area (Å²) in [4.78, 5) is 38.7. The number of halogens is 2. The summed E-state index contributed by atoms with van der Waals surface area (Å²) in [5, 5.41) is 9.02. The molecule has 1 aromatic rings. The Morgan fingerprint density at radius 1 is 1.21 bits per heavy atom. The van der Waals surface area contributed by atoms with Crippen LogP contribution < -0.4 is 0 Å². The lowest BCUT2D eigenvalue weighted by atomic mass is 10.1. The van der Waals surface area contributed by atoms with Crippen molar-refractivity contribution in [2.24, 2.45) is 5.92 Å². The van der Waals surface area contributed by atoms with Crippen molar-refractivity contribution in [2.45, 2.75) is 44.6 Å². The van der Waals surface area contributed by atoms with Crippen LogP contribution in [0.25, 0.3) is 0 Å². The Kier molecular flexibility index (Phi) is 5.96. The van der Waals surface area contributed by atoms with Crippen LogP contribution in [-0.4, -0.2) is 58.4 Å². The molecule has 2 fully saturated rings. The van der Waals surface area contributed by atoms with Gasteiger partial charge in [0.1, 0.15) is 18.2 Å². The second kappa shape index (κ2) is 8.24. The van der Waals surface area contributed by atoms with Crippen molar-refractivity contribution in [2.75, 3.05) is 19.6 Å². The van der Waals surface area contributed by atoms with Gasteiger partial charge >= 0.3 is 5.97 Å². The minimum atomic E-state index is -1.06. The first-order valence-electron chi connectivity index (χ1n) is 9.50. The standard InChI is InChI=1S/C20H24F2N2O4/c1-12(25)24(11-19(26)27)14-3-2-7-23(8-6-14)20(28)17-10-15(17)16-9-13(21)4-5-18(16)22/h4-5,9,14-15,17H,2-3,6-8,10-11H2,1H3,(H,26,27). The molecule has 1 N–H and O–H groups in total. The molecular weight excluding hydrogens is 370 g/mol. The third-order valence-electron chi connectivity index (χ3n) is 5.63. The molecule has 28 heavy (non-hydrogen) atoms. The highest BCUT2D eigenvalue weighted by Gasteiger charge is 2.47. The summed E-state index contributed by atoms with van der Waals surface area (Å²) >= 11 is 0. The molecule has 0 bridgehead atoms. The lowest BCUT2D eigenvalue weighted by Gasteiger charge is -2.29. The summed E-state index contributed by atoms with van der Waals surface area (Å²) in [6.07, 6.45) is 2.29. The average Bonchev–Trinajstić information content (AvgIpc) is 3.44. The third-order valence-corrected chi connectivity index (χ3v) is 5.63. The van der Waals surface area contributed by atoms with Crippen molar-refractivity contribution >= 4 is 17.8 Å². The number of hydrogen-bond acceptors (Lipinski definition) is 3. The summed E-state index contributed by atoms with van der Waals surface area (Å²) < 4.78 is 27.4. The molecule has 1 aliphatic carbocycles. The van der Waals surface area contributed by atoms with E-state index in [2.05, 4.69) is 0 Å². The Balaban J connectivity index is 1.61. The highest BCUT2D eigenvalue weighted by atomic mass is 19.1. The van der Waals surface area contributed by atoms with Crippen molar-refractivity contribution in [3.63, 3.8) is 0 Å². The van der Waals surface area contributed by atoms with E-state index < -0.39 is 17.6 Å². The van der Waals surface area contributed by atoms with Crippen LogP contribution in [0.5, 0.6) is 0 Å². The van der Waals surface area contributed by atoms with Crippen LogP contribution in [0.4, 0.5) is 8.78 Å². The molecule has 2 aliphatic rings. The second-order valence-corrected chi connectivity index (χ2v) is 7.57. The monoisotopic (exact) mass is 394 g/mol. The van der Waals surface area contributed by atoms with Crippen LogP contribution in [0.15, 0.2) is 18.2 Å². The summed E-state index contributed by atoms with van der Waals surface area (Å²) in [5.41, 5.74) is 0.246. The van der Waals surface area contributed by atoms with Crippen molar-refractivity contribution in [3.05, 3.63) is 35.4 Å². The van der Waals surface area contributed by atoms with E-state index in [4.69, 9.17) is 5.11 Å². The Labute approximate surface area is 162 Å². The van der Waals surface area contributed by atoms with Gasteiger partial charge in [-0.3, -0.25) is 14.4 Å². The fourth-order valence-electron chi connectivity index (χ4n) is 4.10. The van der Waals surface area contributed by atoms with Gasteiger partial charge in [-0.15, -0.1) is 0 Å².